The SMILES string of the molecule is CC(C)(C)c1ccc([C@@H]2c3sc(=O)n(CC(=O)Nc4cccc5ccccc45)c3SC3C4CCC(C4)C32)cc1. The van der Waals surface area contributed by atoms with Crippen molar-refractivity contribution in [3.8, 4) is 0 Å². The van der Waals surface area contributed by atoms with Crippen molar-refractivity contribution < 1.29 is 4.79 Å². The molecule has 0 spiro atoms. The Kier molecular flexibility index (Phi) is 6.05. The Morgan fingerprint density at radius 2 is 1.72 bits per heavy atom. The average Bonchev–Trinajstić information content (AvgIpc) is 3.62. The summed E-state index contributed by atoms with van der Waals surface area (Å²) < 4.78 is 1.75. The van der Waals surface area contributed by atoms with Gasteiger partial charge in [0.1, 0.15) is 6.54 Å². The second-order valence-electron chi connectivity index (χ2n) is 12.5. The normalized spacial score (nSPS) is 25.5. The zero-order valence-electron chi connectivity index (χ0n) is 22.6. The van der Waals surface area contributed by atoms with Crippen LogP contribution in [-0.2, 0) is 16.8 Å². The van der Waals surface area contributed by atoms with Crippen molar-refractivity contribution in [2.24, 2.45) is 17.8 Å². The molecule has 3 aromatic carbocycles. The molecular weight excluding hydrogens is 521 g/mol. The highest BCUT2D eigenvalue weighted by Crippen LogP contribution is 2.64. The number of thiazole rings is 1. The molecule has 39 heavy (non-hydrogen) atoms. The molecule has 2 aliphatic carbocycles. The number of aromatic nitrogens is 1. The fraction of sp³-hybridized carbons (Fsp3) is 0.394. The van der Waals surface area contributed by atoms with Gasteiger partial charge in [-0.2, -0.15) is 0 Å². The molecule has 3 aliphatic rings. The van der Waals surface area contributed by atoms with Crippen molar-refractivity contribution in [1.29, 1.82) is 0 Å². The number of benzene rings is 3. The Balaban J connectivity index is 1.24. The predicted octanol–water partition coefficient (Wildman–Crippen LogP) is 7.65. The minimum absolute atomic E-state index is 0.0239. The molecule has 1 amide bonds. The Morgan fingerprint density at radius 3 is 2.51 bits per heavy atom. The summed E-state index contributed by atoms with van der Waals surface area (Å²) in [7, 11) is 0. The summed E-state index contributed by atoms with van der Waals surface area (Å²) in [6, 6.07) is 23.1. The van der Waals surface area contributed by atoms with E-state index in [2.05, 4.69) is 50.4 Å². The van der Waals surface area contributed by atoms with Gasteiger partial charge in [-0.05, 0) is 65.0 Å². The molecule has 7 rings (SSSR count). The largest absolute Gasteiger partial charge is 0.324 e. The highest BCUT2D eigenvalue weighted by molar-refractivity contribution is 8.00. The summed E-state index contributed by atoms with van der Waals surface area (Å²) >= 11 is 3.25. The maximum Gasteiger partial charge on any atom is 0.308 e. The Labute approximate surface area is 237 Å². The van der Waals surface area contributed by atoms with Gasteiger partial charge in [-0.15, -0.1) is 11.8 Å². The minimum Gasteiger partial charge on any atom is -0.324 e. The molecule has 0 radical (unpaired) electrons. The summed E-state index contributed by atoms with van der Waals surface area (Å²) in [6.07, 6.45) is 3.90. The van der Waals surface area contributed by atoms with Crippen molar-refractivity contribution in [1.82, 2.24) is 4.57 Å². The molecular formula is C33H34N2O2S2. The van der Waals surface area contributed by atoms with Gasteiger partial charge in [0.05, 0.1) is 5.03 Å². The van der Waals surface area contributed by atoms with Gasteiger partial charge < -0.3 is 5.32 Å². The molecule has 5 atom stereocenters. The van der Waals surface area contributed by atoms with E-state index in [1.165, 1.54) is 46.6 Å². The molecule has 4 nitrogen and oxygen atoms in total. The fourth-order valence-corrected chi connectivity index (χ4v) is 10.5. The number of rotatable bonds is 4. The van der Waals surface area contributed by atoms with Gasteiger partial charge in [-0.1, -0.05) is 92.8 Å². The van der Waals surface area contributed by atoms with E-state index in [1.54, 1.807) is 4.57 Å². The minimum atomic E-state index is -0.157. The molecule has 6 heteroatoms. The number of hydrogen-bond donors (Lipinski definition) is 1. The van der Waals surface area contributed by atoms with Crippen LogP contribution in [0.25, 0.3) is 10.8 Å². The van der Waals surface area contributed by atoms with Crippen LogP contribution in [0.3, 0.4) is 0 Å². The standard InChI is InChI=1S/C33H34N2O2S2/c1-33(2,3)23-15-13-20(14-16-23)27-28-21-11-12-22(17-21)29(28)38-31-30(27)39-32(37)35(31)18-26(36)34-25-10-6-8-19-7-4-5-9-24(19)25/h4-10,13-16,21-22,27-29H,11-12,17-18H2,1-3H3,(H,34,36)/t21?,22?,27-,28?,29?/m0/s1. The van der Waals surface area contributed by atoms with Gasteiger partial charge in [0.2, 0.25) is 5.91 Å². The Morgan fingerprint density at radius 1 is 0.974 bits per heavy atom. The monoisotopic (exact) mass is 554 g/mol. The topological polar surface area (TPSA) is 51.1 Å². The number of thioether (sulfide) groups is 1. The van der Waals surface area contributed by atoms with Gasteiger partial charge in [-0.3, -0.25) is 14.2 Å². The Hall–Kier alpha value is -2.83. The van der Waals surface area contributed by atoms with Crippen molar-refractivity contribution >= 4 is 45.5 Å². The predicted molar refractivity (Wildman–Crippen MR) is 162 cm³/mol. The first kappa shape index (κ1) is 25.2. The highest BCUT2D eigenvalue weighted by Gasteiger charge is 2.55. The summed E-state index contributed by atoms with van der Waals surface area (Å²) in [4.78, 5) is 27.9. The third-order valence-corrected chi connectivity index (χ3v) is 12.0. The van der Waals surface area contributed by atoms with E-state index in [0.29, 0.717) is 17.1 Å². The molecule has 2 heterocycles. The average molecular weight is 555 g/mol. The maximum atomic E-state index is 13.5. The molecule has 2 fully saturated rings. The van der Waals surface area contributed by atoms with Gasteiger partial charge >= 0.3 is 4.87 Å². The number of fused-ring (bicyclic) bond motifs is 7. The lowest BCUT2D eigenvalue weighted by molar-refractivity contribution is -0.116. The summed E-state index contributed by atoms with van der Waals surface area (Å²) in [5.41, 5.74) is 3.54. The van der Waals surface area contributed by atoms with Crippen molar-refractivity contribution in [3.63, 3.8) is 0 Å². The van der Waals surface area contributed by atoms with Gasteiger partial charge in [-0.25, -0.2) is 0 Å². The molecule has 4 unspecified atom stereocenters. The van der Waals surface area contributed by atoms with Gasteiger partial charge in [0.15, 0.2) is 0 Å². The summed E-state index contributed by atoms with van der Waals surface area (Å²) in [5, 5.41) is 6.72. The molecule has 1 aliphatic heterocycles. The van der Waals surface area contributed by atoms with Gasteiger partial charge in [0.25, 0.3) is 0 Å². The highest BCUT2D eigenvalue weighted by atomic mass is 32.2. The van der Waals surface area contributed by atoms with Crippen LogP contribution in [0.4, 0.5) is 5.69 Å². The number of hydrogen-bond acceptors (Lipinski definition) is 4. The van der Waals surface area contributed by atoms with E-state index in [0.717, 1.165) is 27.4 Å². The van der Waals surface area contributed by atoms with Crippen LogP contribution in [0.15, 0.2) is 76.6 Å². The third kappa shape index (κ3) is 4.27. The lowest BCUT2D eigenvalue weighted by Crippen LogP contribution is -2.35. The van der Waals surface area contributed by atoms with Crippen LogP contribution in [-0.4, -0.2) is 15.7 Å². The number of carbonyl (C=O) groups excluding carboxylic acids is 1. The van der Waals surface area contributed by atoms with E-state index in [-0.39, 0.29) is 28.7 Å². The number of amides is 1. The first-order valence-corrected chi connectivity index (χ1v) is 15.8. The van der Waals surface area contributed by atoms with Gasteiger partial charge in [0, 0.05) is 27.1 Å². The number of nitrogens with one attached hydrogen (secondary N) is 1. The number of carbonyl (C=O) groups is 1. The smallest absolute Gasteiger partial charge is 0.308 e. The lowest BCUT2D eigenvalue weighted by Gasteiger charge is -2.40. The van der Waals surface area contributed by atoms with Crippen LogP contribution in [0.2, 0.25) is 0 Å². The summed E-state index contributed by atoms with van der Waals surface area (Å²) in [5.74, 6) is 2.08. The molecule has 200 valence electrons. The third-order valence-electron chi connectivity index (χ3n) is 9.19. The number of nitrogens with zero attached hydrogens (tertiary/aromatic N) is 1. The van der Waals surface area contributed by atoms with Crippen LogP contribution in [0.5, 0.6) is 0 Å². The van der Waals surface area contributed by atoms with E-state index in [1.807, 2.05) is 54.2 Å². The molecule has 1 aromatic heterocycles. The van der Waals surface area contributed by atoms with Crippen LogP contribution in [0.1, 0.15) is 62.0 Å². The van der Waals surface area contributed by atoms with Crippen LogP contribution < -0.4 is 10.2 Å². The fourth-order valence-electron chi connectivity index (χ4n) is 7.32. The lowest BCUT2D eigenvalue weighted by atomic mass is 9.74. The Bertz CT molecular complexity index is 1620. The van der Waals surface area contributed by atoms with E-state index in [4.69, 9.17) is 0 Å². The first-order valence-electron chi connectivity index (χ1n) is 14.1. The van der Waals surface area contributed by atoms with E-state index < -0.39 is 0 Å². The maximum absolute atomic E-state index is 13.5. The summed E-state index contributed by atoms with van der Waals surface area (Å²) in [6.45, 7) is 6.79. The molecule has 1 N–H and O–H groups in total. The van der Waals surface area contributed by atoms with Crippen LogP contribution >= 0.6 is 23.1 Å². The van der Waals surface area contributed by atoms with E-state index >= 15 is 0 Å². The quantitative estimate of drug-likeness (QED) is 0.282. The molecule has 4 aromatic rings. The molecule has 0 saturated heterocycles. The second kappa shape index (κ2) is 9.38. The zero-order valence-corrected chi connectivity index (χ0v) is 24.3. The molecule has 2 bridgehead atoms. The van der Waals surface area contributed by atoms with E-state index in [9.17, 15) is 9.59 Å². The second-order valence-corrected chi connectivity index (χ2v) is 14.7. The molecule has 2 saturated carbocycles. The van der Waals surface area contributed by atoms with Crippen molar-refractivity contribution in [3.05, 3.63) is 92.4 Å². The zero-order chi connectivity index (χ0) is 26.9. The van der Waals surface area contributed by atoms with Crippen molar-refractivity contribution in [2.45, 2.75) is 68.2 Å². The first-order chi connectivity index (χ1) is 18.8. The van der Waals surface area contributed by atoms with Crippen LogP contribution in [0, 0.1) is 17.8 Å². The van der Waals surface area contributed by atoms with Crippen molar-refractivity contribution in [2.75, 3.05) is 5.32 Å². The number of anilines is 1.